The molecule has 0 saturated carbocycles. The quantitative estimate of drug-likeness (QED) is 0.413. The number of hydrogen-bond acceptors (Lipinski definition) is 4. The predicted octanol–water partition coefficient (Wildman–Crippen LogP) is 6.16. The van der Waals surface area contributed by atoms with Crippen LogP contribution in [0.2, 0.25) is 5.02 Å². The molecule has 1 aromatic heterocycles. The number of aromatic hydroxyl groups is 1. The highest BCUT2D eigenvalue weighted by molar-refractivity contribution is 6.32. The third kappa shape index (κ3) is 3.35. The first-order valence-corrected chi connectivity index (χ1v) is 9.11. The van der Waals surface area contributed by atoms with Crippen LogP contribution in [0.4, 0.5) is 0 Å². The summed E-state index contributed by atoms with van der Waals surface area (Å²) >= 11 is 6.15. The second-order valence-electron chi connectivity index (χ2n) is 6.51. The first-order valence-electron chi connectivity index (χ1n) is 8.73. The zero-order valence-corrected chi connectivity index (χ0v) is 15.9. The monoisotopic (exact) mass is 392 g/mol. The van der Waals surface area contributed by atoms with E-state index in [0.717, 1.165) is 33.2 Å². The number of halogens is 1. The van der Waals surface area contributed by atoms with Gasteiger partial charge in [-0.15, -0.1) is 0 Å². The molecule has 0 fully saturated rings. The Morgan fingerprint density at radius 2 is 2.00 bits per heavy atom. The van der Waals surface area contributed by atoms with Crippen LogP contribution in [0.5, 0.6) is 11.5 Å². The Labute approximate surface area is 166 Å². The summed E-state index contributed by atoms with van der Waals surface area (Å²) in [6, 6.07) is 16.8. The first kappa shape index (κ1) is 18.1. The number of hydrogen-bond donors (Lipinski definition) is 1. The number of fused-ring (bicyclic) bond motifs is 1. The van der Waals surface area contributed by atoms with Crippen LogP contribution < -0.4 is 4.74 Å². The van der Waals surface area contributed by atoms with E-state index in [4.69, 9.17) is 20.8 Å². The maximum atomic E-state index is 10.9. The van der Waals surface area contributed by atoms with Gasteiger partial charge < -0.3 is 14.3 Å². The first-order chi connectivity index (χ1) is 13.6. The minimum Gasteiger partial charge on any atom is -0.507 e. The van der Waals surface area contributed by atoms with Gasteiger partial charge in [-0.25, -0.2) is 0 Å². The van der Waals surface area contributed by atoms with Gasteiger partial charge in [0.15, 0.2) is 6.29 Å². The van der Waals surface area contributed by atoms with Crippen molar-refractivity contribution >= 4 is 28.9 Å². The lowest BCUT2D eigenvalue weighted by Gasteiger charge is -2.14. The van der Waals surface area contributed by atoms with Gasteiger partial charge in [-0.1, -0.05) is 41.9 Å². The largest absolute Gasteiger partial charge is 0.507 e. The normalized spacial score (nSPS) is 10.9. The summed E-state index contributed by atoms with van der Waals surface area (Å²) in [7, 11) is 0. The number of carbonyl (C=O) groups is 1. The van der Waals surface area contributed by atoms with E-state index in [1.807, 2.05) is 37.3 Å². The zero-order chi connectivity index (χ0) is 19.7. The maximum Gasteiger partial charge on any atom is 0.153 e. The van der Waals surface area contributed by atoms with E-state index in [1.54, 1.807) is 6.26 Å². The summed E-state index contributed by atoms with van der Waals surface area (Å²) in [4.78, 5) is 10.9. The van der Waals surface area contributed by atoms with E-state index in [9.17, 15) is 9.90 Å². The number of aldehydes is 1. The van der Waals surface area contributed by atoms with Crippen molar-refractivity contribution in [2.45, 2.75) is 13.5 Å². The lowest BCUT2D eigenvalue weighted by Crippen LogP contribution is -2.00. The molecule has 3 aromatic carbocycles. The van der Waals surface area contributed by atoms with E-state index in [-0.39, 0.29) is 22.9 Å². The van der Waals surface area contributed by atoms with Gasteiger partial charge in [-0.2, -0.15) is 0 Å². The fourth-order valence-corrected chi connectivity index (χ4v) is 3.42. The fourth-order valence-electron chi connectivity index (χ4n) is 3.19. The zero-order valence-electron chi connectivity index (χ0n) is 15.1. The SMILES string of the molecule is Cc1c(COc2cc(O)c(C=O)cc2Cl)cccc1-c1ccc2ccoc2c1. The van der Waals surface area contributed by atoms with Gasteiger partial charge in [0, 0.05) is 11.5 Å². The molecule has 4 aromatic rings. The molecule has 4 nitrogen and oxygen atoms in total. The van der Waals surface area contributed by atoms with Crippen molar-refractivity contribution in [1.82, 2.24) is 0 Å². The van der Waals surface area contributed by atoms with Crippen molar-refractivity contribution < 1.29 is 19.1 Å². The lowest BCUT2D eigenvalue weighted by atomic mass is 9.96. The molecule has 0 aliphatic rings. The average molecular weight is 393 g/mol. The van der Waals surface area contributed by atoms with Crippen LogP contribution in [0.25, 0.3) is 22.1 Å². The minimum absolute atomic E-state index is 0.129. The third-order valence-electron chi connectivity index (χ3n) is 4.80. The van der Waals surface area contributed by atoms with Crippen molar-refractivity contribution in [2.24, 2.45) is 0 Å². The summed E-state index contributed by atoms with van der Waals surface area (Å²) in [5.74, 6) is 0.165. The van der Waals surface area contributed by atoms with Crippen LogP contribution >= 0.6 is 11.6 Å². The fraction of sp³-hybridized carbons (Fsp3) is 0.0870. The number of furan rings is 1. The van der Waals surface area contributed by atoms with Gasteiger partial charge in [0.05, 0.1) is 16.8 Å². The number of ether oxygens (including phenoxy) is 1. The molecular formula is C23H17ClO4. The second-order valence-corrected chi connectivity index (χ2v) is 6.92. The molecule has 0 unspecified atom stereocenters. The Kier molecular flexibility index (Phi) is 4.80. The van der Waals surface area contributed by atoms with E-state index in [1.165, 1.54) is 12.1 Å². The molecule has 0 radical (unpaired) electrons. The molecule has 0 aliphatic heterocycles. The molecule has 28 heavy (non-hydrogen) atoms. The molecule has 0 atom stereocenters. The Morgan fingerprint density at radius 1 is 1.14 bits per heavy atom. The van der Waals surface area contributed by atoms with E-state index in [2.05, 4.69) is 12.1 Å². The van der Waals surface area contributed by atoms with Crippen LogP contribution in [0, 0.1) is 6.92 Å². The summed E-state index contributed by atoms with van der Waals surface area (Å²) in [6.45, 7) is 2.32. The van der Waals surface area contributed by atoms with Crippen molar-refractivity contribution in [1.29, 1.82) is 0 Å². The van der Waals surface area contributed by atoms with Crippen molar-refractivity contribution in [2.75, 3.05) is 0 Å². The summed E-state index contributed by atoms with van der Waals surface area (Å²) < 4.78 is 11.3. The second kappa shape index (κ2) is 7.41. The molecular weight excluding hydrogens is 376 g/mol. The summed E-state index contributed by atoms with van der Waals surface area (Å²) in [6.07, 6.45) is 2.23. The molecule has 5 heteroatoms. The Bertz CT molecular complexity index is 1180. The van der Waals surface area contributed by atoms with Gasteiger partial charge in [0.25, 0.3) is 0 Å². The van der Waals surface area contributed by atoms with Crippen LogP contribution in [0.3, 0.4) is 0 Å². The highest BCUT2D eigenvalue weighted by Crippen LogP contribution is 2.33. The Morgan fingerprint density at radius 3 is 2.82 bits per heavy atom. The van der Waals surface area contributed by atoms with Crippen molar-refractivity contribution in [3.63, 3.8) is 0 Å². The Balaban J connectivity index is 1.62. The van der Waals surface area contributed by atoms with Gasteiger partial charge in [-0.05, 0) is 47.4 Å². The molecule has 1 N–H and O–H groups in total. The van der Waals surface area contributed by atoms with Crippen LogP contribution in [0.15, 0.2) is 65.3 Å². The van der Waals surface area contributed by atoms with Gasteiger partial charge >= 0.3 is 0 Å². The molecule has 4 rings (SSSR count). The molecule has 1 heterocycles. The number of carbonyl (C=O) groups excluding carboxylic acids is 1. The maximum absolute atomic E-state index is 10.9. The lowest BCUT2D eigenvalue weighted by molar-refractivity contribution is 0.112. The highest BCUT2D eigenvalue weighted by atomic mass is 35.5. The summed E-state index contributed by atoms with van der Waals surface area (Å²) in [5, 5.41) is 11.2. The number of phenols is 1. The van der Waals surface area contributed by atoms with Gasteiger partial charge in [0.1, 0.15) is 23.7 Å². The van der Waals surface area contributed by atoms with Gasteiger partial charge in [-0.3, -0.25) is 4.79 Å². The molecule has 0 amide bonds. The predicted molar refractivity (Wildman–Crippen MR) is 109 cm³/mol. The molecule has 0 spiro atoms. The van der Waals surface area contributed by atoms with Crippen LogP contribution in [-0.2, 0) is 6.61 Å². The number of phenolic OH excluding ortho intramolecular Hbond substituents is 1. The highest BCUT2D eigenvalue weighted by Gasteiger charge is 2.12. The molecule has 0 saturated heterocycles. The average Bonchev–Trinajstić information content (AvgIpc) is 3.17. The third-order valence-corrected chi connectivity index (χ3v) is 5.10. The van der Waals surface area contributed by atoms with Crippen molar-refractivity contribution in [3.8, 4) is 22.6 Å². The van der Waals surface area contributed by atoms with Gasteiger partial charge in [0.2, 0.25) is 0 Å². The Hall–Kier alpha value is -3.24. The minimum atomic E-state index is -0.161. The van der Waals surface area contributed by atoms with E-state index < -0.39 is 0 Å². The van der Waals surface area contributed by atoms with Crippen LogP contribution in [0.1, 0.15) is 21.5 Å². The number of benzene rings is 3. The topological polar surface area (TPSA) is 59.7 Å². The molecule has 0 bridgehead atoms. The van der Waals surface area contributed by atoms with E-state index >= 15 is 0 Å². The smallest absolute Gasteiger partial charge is 0.153 e. The summed E-state index contributed by atoms with van der Waals surface area (Å²) in [5.41, 5.74) is 5.20. The van der Waals surface area contributed by atoms with Crippen LogP contribution in [-0.4, -0.2) is 11.4 Å². The van der Waals surface area contributed by atoms with Crippen molar-refractivity contribution in [3.05, 3.63) is 82.6 Å². The van der Waals surface area contributed by atoms with E-state index in [0.29, 0.717) is 12.0 Å². The molecule has 0 aliphatic carbocycles. The number of rotatable bonds is 5. The molecule has 140 valence electrons. The standard InChI is InChI=1S/C23H17ClO4/c1-14-17(13-28-23-11-21(26)18(12-25)9-20(23)24)3-2-4-19(14)16-6-5-15-7-8-27-22(15)10-16/h2-12,26H,13H2,1H3.